The van der Waals surface area contributed by atoms with Gasteiger partial charge in [0.05, 0.1) is 12.7 Å². The summed E-state index contributed by atoms with van der Waals surface area (Å²) in [7, 11) is 0. The molecular formula is C16H23N3O3. The minimum atomic E-state index is -0.582. The summed E-state index contributed by atoms with van der Waals surface area (Å²) in [5.41, 5.74) is 0.813. The Balaban J connectivity index is 2.00. The molecule has 0 bridgehead atoms. The highest BCUT2D eigenvalue weighted by Gasteiger charge is 2.34. The summed E-state index contributed by atoms with van der Waals surface area (Å²) < 4.78 is 5.40. The topological polar surface area (TPSA) is 70.7 Å². The van der Waals surface area contributed by atoms with E-state index in [-0.39, 0.29) is 18.0 Å². The summed E-state index contributed by atoms with van der Waals surface area (Å²) in [5, 5.41) is 5.62. The van der Waals surface area contributed by atoms with Gasteiger partial charge in [0.2, 0.25) is 5.91 Å². The lowest BCUT2D eigenvalue weighted by Crippen LogP contribution is -2.55. The Hall–Kier alpha value is -2.08. The molecule has 120 valence electrons. The molecule has 1 atom stereocenters. The first-order valence-electron chi connectivity index (χ1n) is 7.58. The van der Waals surface area contributed by atoms with Crippen LogP contribution in [0.2, 0.25) is 0 Å². The van der Waals surface area contributed by atoms with Crippen LogP contribution >= 0.6 is 0 Å². The fourth-order valence-electron chi connectivity index (χ4n) is 2.41. The zero-order valence-electron chi connectivity index (χ0n) is 13.0. The summed E-state index contributed by atoms with van der Waals surface area (Å²) in [6.45, 7) is 5.74. The van der Waals surface area contributed by atoms with E-state index in [4.69, 9.17) is 4.74 Å². The predicted octanol–water partition coefficient (Wildman–Crippen LogP) is 1.29. The summed E-state index contributed by atoms with van der Waals surface area (Å²) in [6.07, 6.45) is 0.134. The van der Waals surface area contributed by atoms with Gasteiger partial charge in [-0.2, -0.15) is 0 Å². The van der Waals surface area contributed by atoms with Crippen LogP contribution in [0.25, 0.3) is 0 Å². The van der Waals surface area contributed by atoms with Crippen LogP contribution in [-0.4, -0.2) is 49.2 Å². The van der Waals surface area contributed by atoms with E-state index in [1.54, 1.807) is 4.90 Å². The maximum absolute atomic E-state index is 12.4. The van der Waals surface area contributed by atoms with Gasteiger partial charge in [-0.05, 0) is 19.4 Å². The standard InChI is InChI=1S/C16H23N3O3/c1-12(2)22-11-9-18-16(21)19-10-8-17-15(20)14(19)13-6-4-3-5-7-13/h3-7,12,14H,8-11H2,1-2H3,(H,17,20)(H,18,21)/t14-/m0/s1. The van der Waals surface area contributed by atoms with E-state index < -0.39 is 6.04 Å². The number of amides is 3. The molecule has 1 saturated heterocycles. The van der Waals surface area contributed by atoms with Gasteiger partial charge in [-0.15, -0.1) is 0 Å². The summed E-state index contributed by atoms with van der Waals surface area (Å²) in [5.74, 6) is -0.147. The number of benzene rings is 1. The van der Waals surface area contributed by atoms with Gasteiger partial charge in [-0.1, -0.05) is 30.3 Å². The van der Waals surface area contributed by atoms with Gasteiger partial charge in [0.15, 0.2) is 0 Å². The molecule has 0 aliphatic carbocycles. The van der Waals surface area contributed by atoms with Crippen LogP contribution in [0.3, 0.4) is 0 Å². The highest BCUT2D eigenvalue weighted by Crippen LogP contribution is 2.22. The number of urea groups is 1. The fourth-order valence-corrected chi connectivity index (χ4v) is 2.41. The fraction of sp³-hybridized carbons (Fsp3) is 0.500. The van der Waals surface area contributed by atoms with Crippen molar-refractivity contribution in [2.75, 3.05) is 26.2 Å². The van der Waals surface area contributed by atoms with E-state index in [0.29, 0.717) is 26.2 Å². The van der Waals surface area contributed by atoms with Crippen molar-refractivity contribution in [3.63, 3.8) is 0 Å². The van der Waals surface area contributed by atoms with Gasteiger partial charge in [0, 0.05) is 19.6 Å². The molecule has 0 unspecified atom stereocenters. The third-order valence-corrected chi connectivity index (χ3v) is 3.42. The maximum Gasteiger partial charge on any atom is 0.318 e. The van der Waals surface area contributed by atoms with Crippen LogP contribution in [0.1, 0.15) is 25.5 Å². The summed E-state index contributed by atoms with van der Waals surface area (Å²) >= 11 is 0. The largest absolute Gasteiger partial charge is 0.377 e. The zero-order chi connectivity index (χ0) is 15.9. The Labute approximate surface area is 130 Å². The number of ether oxygens (including phenoxy) is 1. The lowest BCUT2D eigenvalue weighted by molar-refractivity contribution is -0.127. The molecule has 0 saturated carbocycles. The number of carbonyl (C=O) groups is 2. The zero-order valence-corrected chi connectivity index (χ0v) is 13.0. The summed E-state index contributed by atoms with van der Waals surface area (Å²) in [6, 6.07) is 8.51. The van der Waals surface area contributed by atoms with Crippen LogP contribution in [0.5, 0.6) is 0 Å². The number of nitrogens with zero attached hydrogens (tertiary/aromatic N) is 1. The molecule has 0 spiro atoms. The monoisotopic (exact) mass is 305 g/mol. The molecule has 1 heterocycles. The van der Waals surface area contributed by atoms with E-state index in [9.17, 15) is 9.59 Å². The minimum Gasteiger partial charge on any atom is -0.377 e. The molecule has 1 aliphatic heterocycles. The average Bonchev–Trinajstić information content (AvgIpc) is 2.51. The Morgan fingerprint density at radius 2 is 2.14 bits per heavy atom. The molecule has 1 aromatic carbocycles. The summed E-state index contributed by atoms with van der Waals surface area (Å²) in [4.78, 5) is 26.1. The quantitative estimate of drug-likeness (QED) is 0.805. The molecule has 3 amide bonds. The Morgan fingerprint density at radius 3 is 2.82 bits per heavy atom. The number of hydrogen-bond donors (Lipinski definition) is 2. The molecule has 2 N–H and O–H groups in total. The Morgan fingerprint density at radius 1 is 1.41 bits per heavy atom. The first kappa shape index (κ1) is 16.3. The van der Waals surface area contributed by atoms with E-state index >= 15 is 0 Å². The molecule has 0 aromatic heterocycles. The van der Waals surface area contributed by atoms with Crippen molar-refractivity contribution in [2.24, 2.45) is 0 Å². The normalized spacial score (nSPS) is 18.2. The highest BCUT2D eigenvalue weighted by atomic mass is 16.5. The first-order valence-corrected chi connectivity index (χ1v) is 7.58. The van der Waals surface area contributed by atoms with Gasteiger partial charge in [-0.25, -0.2) is 4.79 Å². The second kappa shape index (κ2) is 7.79. The smallest absolute Gasteiger partial charge is 0.318 e. The van der Waals surface area contributed by atoms with Gasteiger partial charge < -0.3 is 20.3 Å². The van der Waals surface area contributed by atoms with Crippen molar-refractivity contribution in [2.45, 2.75) is 26.0 Å². The van der Waals surface area contributed by atoms with Crippen LogP contribution in [0, 0.1) is 0 Å². The number of rotatable bonds is 5. The van der Waals surface area contributed by atoms with E-state index in [1.807, 2.05) is 44.2 Å². The Kier molecular flexibility index (Phi) is 5.77. The molecule has 0 radical (unpaired) electrons. The minimum absolute atomic E-state index is 0.134. The predicted molar refractivity (Wildman–Crippen MR) is 83.4 cm³/mol. The van der Waals surface area contributed by atoms with E-state index in [2.05, 4.69) is 10.6 Å². The highest BCUT2D eigenvalue weighted by molar-refractivity contribution is 5.89. The van der Waals surface area contributed by atoms with Gasteiger partial charge >= 0.3 is 6.03 Å². The van der Waals surface area contributed by atoms with Crippen molar-refractivity contribution in [3.8, 4) is 0 Å². The van der Waals surface area contributed by atoms with Crippen molar-refractivity contribution in [1.82, 2.24) is 15.5 Å². The van der Waals surface area contributed by atoms with Crippen LogP contribution in [0.4, 0.5) is 4.79 Å². The lowest BCUT2D eigenvalue weighted by atomic mass is 10.0. The van der Waals surface area contributed by atoms with Crippen molar-refractivity contribution < 1.29 is 14.3 Å². The third-order valence-electron chi connectivity index (χ3n) is 3.42. The number of hydrogen-bond acceptors (Lipinski definition) is 3. The first-order chi connectivity index (χ1) is 10.6. The molecule has 6 nitrogen and oxygen atoms in total. The van der Waals surface area contributed by atoms with Gasteiger partial charge in [-0.3, -0.25) is 4.79 Å². The molecule has 1 aromatic rings. The number of carbonyl (C=O) groups excluding carboxylic acids is 2. The van der Waals surface area contributed by atoms with Crippen molar-refractivity contribution in [3.05, 3.63) is 35.9 Å². The van der Waals surface area contributed by atoms with Gasteiger partial charge in [0.25, 0.3) is 0 Å². The number of piperazine rings is 1. The second-order valence-corrected chi connectivity index (χ2v) is 5.45. The molecule has 1 aliphatic rings. The van der Waals surface area contributed by atoms with E-state index in [1.165, 1.54) is 0 Å². The van der Waals surface area contributed by atoms with Crippen molar-refractivity contribution >= 4 is 11.9 Å². The van der Waals surface area contributed by atoms with Crippen LogP contribution in [0.15, 0.2) is 30.3 Å². The average molecular weight is 305 g/mol. The van der Waals surface area contributed by atoms with Crippen LogP contribution < -0.4 is 10.6 Å². The lowest BCUT2D eigenvalue weighted by Gasteiger charge is -2.35. The van der Waals surface area contributed by atoms with Crippen LogP contribution in [-0.2, 0) is 9.53 Å². The second-order valence-electron chi connectivity index (χ2n) is 5.45. The molecule has 22 heavy (non-hydrogen) atoms. The molecule has 1 fully saturated rings. The SMILES string of the molecule is CC(C)OCCNC(=O)N1CCNC(=O)[C@@H]1c1ccccc1. The van der Waals surface area contributed by atoms with E-state index in [0.717, 1.165) is 5.56 Å². The van der Waals surface area contributed by atoms with Crippen molar-refractivity contribution in [1.29, 1.82) is 0 Å². The third kappa shape index (κ3) is 4.21. The Bertz CT molecular complexity index is 505. The number of nitrogens with one attached hydrogen (secondary N) is 2. The molecular weight excluding hydrogens is 282 g/mol. The van der Waals surface area contributed by atoms with Gasteiger partial charge in [0.1, 0.15) is 6.04 Å². The molecule has 2 rings (SSSR count). The maximum atomic E-state index is 12.4. The molecule has 6 heteroatoms.